The minimum absolute atomic E-state index is 0.221. The molecule has 1 heterocycles. The van der Waals surface area contributed by atoms with Gasteiger partial charge in [-0.25, -0.2) is 0 Å². The summed E-state index contributed by atoms with van der Waals surface area (Å²) in [5.41, 5.74) is 0.885. The van der Waals surface area contributed by atoms with Crippen LogP contribution < -0.4 is 10.1 Å². The molecule has 1 aliphatic rings. The van der Waals surface area contributed by atoms with E-state index < -0.39 is 12.8 Å². The third-order valence-electron chi connectivity index (χ3n) is 3.19. The Balaban J connectivity index is 1.76. The van der Waals surface area contributed by atoms with Gasteiger partial charge in [0.15, 0.2) is 6.61 Å². The molecule has 0 bridgehead atoms. The lowest BCUT2D eigenvalue weighted by Crippen LogP contribution is -2.22. The molecule has 0 atom stereocenters. The van der Waals surface area contributed by atoms with E-state index in [1.165, 1.54) is 12.1 Å². The summed E-state index contributed by atoms with van der Waals surface area (Å²) in [7, 11) is 0. The summed E-state index contributed by atoms with van der Waals surface area (Å²) in [6.07, 6.45) is -2.22. The van der Waals surface area contributed by atoms with Crippen LogP contribution in [-0.4, -0.2) is 32.5 Å². The monoisotopic (exact) mass is 289 g/mol. The van der Waals surface area contributed by atoms with E-state index in [0.717, 1.165) is 38.3 Å². The first-order valence-corrected chi connectivity index (χ1v) is 6.64. The fourth-order valence-electron chi connectivity index (χ4n) is 2.05. The van der Waals surface area contributed by atoms with Crippen molar-refractivity contribution >= 4 is 5.69 Å². The maximum atomic E-state index is 12.0. The van der Waals surface area contributed by atoms with Gasteiger partial charge in [-0.1, -0.05) is 0 Å². The molecule has 0 unspecified atom stereocenters. The molecule has 0 aromatic heterocycles. The molecule has 1 aromatic rings. The summed E-state index contributed by atoms with van der Waals surface area (Å²) in [5.74, 6) is 0.809. The number of hydrogen-bond acceptors (Lipinski definition) is 3. The van der Waals surface area contributed by atoms with Gasteiger partial charge in [0.1, 0.15) is 5.75 Å². The molecule has 0 spiro atoms. The van der Waals surface area contributed by atoms with Crippen LogP contribution in [0.15, 0.2) is 24.3 Å². The van der Waals surface area contributed by atoms with E-state index in [1.54, 1.807) is 12.1 Å². The average Bonchev–Trinajstić information content (AvgIpc) is 2.44. The number of benzene rings is 1. The first kappa shape index (κ1) is 15.0. The number of halogens is 3. The Labute approximate surface area is 116 Å². The van der Waals surface area contributed by atoms with E-state index in [2.05, 4.69) is 10.1 Å². The fourth-order valence-corrected chi connectivity index (χ4v) is 2.05. The van der Waals surface area contributed by atoms with E-state index >= 15 is 0 Å². The summed E-state index contributed by atoms with van der Waals surface area (Å²) >= 11 is 0. The van der Waals surface area contributed by atoms with E-state index in [1.807, 2.05) is 0 Å². The van der Waals surface area contributed by atoms with Gasteiger partial charge in [-0.2, -0.15) is 13.2 Å². The van der Waals surface area contributed by atoms with Gasteiger partial charge < -0.3 is 14.8 Å². The quantitative estimate of drug-likeness (QED) is 0.900. The lowest BCUT2D eigenvalue weighted by molar-refractivity contribution is -0.153. The molecule has 112 valence electrons. The minimum Gasteiger partial charge on any atom is -0.484 e. The third kappa shape index (κ3) is 5.28. The van der Waals surface area contributed by atoms with Crippen molar-refractivity contribution in [2.24, 2.45) is 5.92 Å². The molecular weight excluding hydrogens is 271 g/mol. The number of alkyl halides is 3. The van der Waals surface area contributed by atoms with Crippen molar-refractivity contribution in [3.8, 4) is 5.75 Å². The molecule has 1 N–H and O–H groups in total. The normalized spacial score (nSPS) is 16.9. The van der Waals surface area contributed by atoms with Crippen LogP contribution in [0.2, 0.25) is 0 Å². The molecule has 3 nitrogen and oxygen atoms in total. The van der Waals surface area contributed by atoms with Crippen LogP contribution in [0.25, 0.3) is 0 Å². The van der Waals surface area contributed by atoms with Crippen molar-refractivity contribution in [2.75, 3.05) is 31.7 Å². The Morgan fingerprint density at radius 1 is 1.15 bits per heavy atom. The summed E-state index contributed by atoms with van der Waals surface area (Å²) in [4.78, 5) is 0. The molecule has 1 fully saturated rings. The van der Waals surface area contributed by atoms with Gasteiger partial charge in [0, 0.05) is 25.4 Å². The predicted molar refractivity (Wildman–Crippen MR) is 70.0 cm³/mol. The van der Waals surface area contributed by atoms with Crippen molar-refractivity contribution in [2.45, 2.75) is 19.0 Å². The van der Waals surface area contributed by atoms with Crippen LogP contribution in [0.4, 0.5) is 18.9 Å². The zero-order valence-corrected chi connectivity index (χ0v) is 11.1. The molecule has 1 aliphatic heterocycles. The van der Waals surface area contributed by atoms with Gasteiger partial charge in [-0.3, -0.25) is 0 Å². The van der Waals surface area contributed by atoms with Crippen molar-refractivity contribution in [1.29, 1.82) is 0 Å². The van der Waals surface area contributed by atoms with Crippen molar-refractivity contribution in [3.05, 3.63) is 24.3 Å². The summed E-state index contributed by atoms with van der Waals surface area (Å²) in [6.45, 7) is 1.20. The van der Waals surface area contributed by atoms with Gasteiger partial charge in [0.2, 0.25) is 0 Å². The topological polar surface area (TPSA) is 30.5 Å². The largest absolute Gasteiger partial charge is 0.484 e. The minimum atomic E-state index is -4.31. The van der Waals surface area contributed by atoms with Gasteiger partial charge in [-0.05, 0) is 43.0 Å². The standard InChI is InChI=1S/C14H18F3NO2/c15-14(16,17)10-20-13-3-1-12(2-4-13)18-9-11-5-7-19-8-6-11/h1-4,11,18H,5-10H2. The van der Waals surface area contributed by atoms with Crippen LogP contribution >= 0.6 is 0 Å². The molecular formula is C14H18F3NO2. The van der Waals surface area contributed by atoms with E-state index in [-0.39, 0.29) is 5.75 Å². The summed E-state index contributed by atoms with van der Waals surface area (Å²) < 4.78 is 45.9. The van der Waals surface area contributed by atoms with Crippen molar-refractivity contribution in [1.82, 2.24) is 0 Å². The molecule has 0 amide bonds. The van der Waals surface area contributed by atoms with Gasteiger partial charge in [0.05, 0.1) is 0 Å². The maximum absolute atomic E-state index is 12.0. The zero-order valence-electron chi connectivity index (χ0n) is 11.1. The first-order chi connectivity index (χ1) is 9.53. The second kappa shape index (κ2) is 6.83. The summed E-state index contributed by atoms with van der Waals surface area (Å²) in [6, 6.07) is 6.53. The van der Waals surface area contributed by atoms with Gasteiger partial charge >= 0.3 is 6.18 Å². The van der Waals surface area contributed by atoms with Crippen LogP contribution in [0, 0.1) is 5.92 Å². The molecule has 0 radical (unpaired) electrons. The number of nitrogens with one attached hydrogen (secondary N) is 1. The van der Waals surface area contributed by atoms with E-state index in [4.69, 9.17) is 4.74 Å². The van der Waals surface area contributed by atoms with E-state index in [9.17, 15) is 13.2 Å². The highest BCUT2D eigenvalue weighted by atomic mass is 19.4. The summed E-state index contributed by atoms with van der Waals surface area (Å²) in [5, 5.41) is 3.28. The second-order valence-electron chi connectivity index (χ2n) is 4.86. The average molecular weight is 289 g/mol. The zero-order chi connectivity index (χ0) is 14.4. The Hall–Kier alpha value is -1.43. The third-order valence-corrected chi connectivity index (χ3v) is 3.19. The molecule has 0 saturated carbocycles. The van der Waals surface area contributed by atoms with Gasteiger partial charge in [0.25, 0.3) is 0 Å². The lowest BCUT2D eigenvalue weighted by atomic mass is 10.0. The highest BCUT2D eigenvalue weighted by Gasteiger charge is 2.28. The number of hydrogen-bond donors (Lipinski definition) is 1. The van der Waals surface area contributed by atoms with Crippen LogP contribution in [0.3, 0.4) is 0 Å². The first-order valence-electron chi connectivity index (χ1n) is 6.64. The number of anilines is 1. The second-order valence-corrected chi connectivity index (χ2v) is 4.86. The number of ether oxygens (including phenoxy) is 2. The molecule has 0 aliphatic carbocycles. The Kier molecular flexibility index (Phi) is 5.11. The van der Waals surface area contributed by atoms with Crippen LogP contribution in [0.1, 0.15) is 12.8 Å². The number of rotatable bonds is 5. The van der Waals surface area contributed by atoms with E-state index in [0.29, 0.717) is 5.92 Å². The molecule has 20 heavy (non-hydrogen) atoms. The Morgan fingerprint density at radius 2 is 1.80 bits per heavy atom. The lowest BCUT2D eigenvalue weighted by Gasteiger charge is -2.22. The fraction of sp³-hybridized carbons (Fsp3) is 0.571. The van der Waals surface area contributed by atoms with Gasteiger partial charge in [-0.15, -0.1) is 0 Å². The molecule has 1 aromatic carbocycles. The van der Waals surface area contributed by atoms with Crippen molar-refractivity contribution in [3.63, 3.8) is 0 Å². The van der Waals surface area contributed by atoms with Crippen LogP contribution in [-0.2, 0) is 4.74 Å². The smallest absolute Gasteiger partial charge is 0.422 e. The highest BCUT2D eigenvalue weighted by Crippen LogP contribution is 2.21. The van der Waals surface area contributed by atoms with Crippen LogP contribution in [0.5, 0.6) is 5.75 Å². The maximum Gasteiger partial charge on any atom is 0.422 e. The molecule has 1 saturated heterocycles. The molecule has 2 rings (SSSR count). The highest BCUT2D eigenvalue weighted by molar-refractivity contribution is 5.46. The predicted octanol–water partition coefficient (Wildman–Crippen LogP) is 3.47. The SMILES string of the molecule is FC(F)(F)COc1ccc(NCC2CCOCC2)cc1. The Bertz CT molecular complexity index is 400. The Morgan fingerprint density at radius 3 is 2.40 bits per heavy atom. The molecule has 6 heteroatoms. The van der Waals surface area contributed by atoms with Crippen molar-refractivity contribution < 1.29 is 22.6 Å².